The average Bonchev–Trinajstić information content (AvgIpc) is 2.96. The summed E-state index contributed by atoms with van der Waals surface area (Å²) in [7, 11) is 1.69. The second kappa shape index (κ2) is 5.34. The van der Waals surface area contributed by atoms with Gasteiger partial charge in [-0.2, -0.15) is 0 Å². The molecule has 0 bridgehead atoms. The van der Waals surface area contributed by atoms with Gasteiger partial charge in [-0.3, -0.25) is 0 Å². The highest BCUT2D eigenvalue weighted by molar-refractivity contribution is 6.21. The normalized spacial score (nSPS) is 28.3. The van der Waals surface area contributed by atoms with E-state index in [4.69, 9.17) is 21.1 Å². The minimum Gasteiger partial charge on any atom is -0.497 e. The third-order valence-electron chi connectivity index (χ3n) is 4.81. The van der Waals surface area contributed by atoms with E-state index >= 15 is 0 Å². The van der Waals surface area contributed by atoms with Gasteiger partial charge in [-0.15, -0.1) is 11.6 Å². The van der Waals surface area contributed by atoms with E-state index in [1.54, 1.807) is 7.11 Å². The van der Waals surface area contributed by atoms with E-state index in [1.807, 2.05) is 18.2 Å². The molecule has 0 aliphatic heterocycles. The fourth-order valence-electron chi connectivity index (χ4n) is 3.56. The van der Waals surface area contributed by atoms with Crippen LogP contribution in [0.4, 0.5) is 0 Å². The maximum absolute atomic E-state index is 6.44. The van der Waals surface area contributed by atoms with Gasteiger partial charge >= 0.3 is 0 Å². The van der Waals surface area contributed by atoms with Gasteiger partial charge in [-0.1, -0.05) is 25.0 Å². The molecule has 2 nitrogen and oxygen atoms in total. The first-order chi connectivity index (χ1) is 9.24. The largest absolute Gasteiger partial charge is 0.497 e. The van der Waals surface area contributed by atoms with E-state index in [1.165, 1.54) is 31.2 Å². The molecule has 0 amide bonds. The Hall–Kier alpha value is -0.730. The minimum absolute atomic E-state index is 0.278. The number of hydrogen-bond donors (Lipinski definition) is 0. The molecule has 0 radical (unpaired) electrons. The summed E-state index contributed by atoms with van der Waals surface area (Å²) in [4.78, 5) is 0. The summed E-state index contributed by atoms with van der Waals surface area (Å²) in [6.45, 7) is 0.660. The van der Waals surface area contributed by atoms with Gasteiger partial charge in [0.1, 0.15) is 5.75 Å². The van der Waals surface area contributed by atoms with Crippen LogP contribution in [0.5, 0.6) is 5.75 Å². The van der Waals surface area contributed by atoms with Crippen LogP contribution >= 0.6 is 11.6 Å². The van der Waals surface area contributed by atoms with E-state index in [0.717, 1.165) is 12.2 Å². The monoisotopic (exact) mass is 280 g/mol. The summed E-state index contributed by atoms with van der Waals surface area (Å²) in [6.07, 6.45) is 6.45. The Morgan fingerprint density at radius 3 is 2.79 bits per heavy atom. The Morgan fingerprint density at radius 1 is 1.32 bits per heavy atom. The van der Waals surface area contributed by atoms with Gasteiger partial charge in [0.15, 0.2) is 0 Å². The standard InChI is InChI=1S/C16H21ClO2/c1-18-13-6-4-5-12(9-13)11-19-15-10-14(17)16(15)7-2-3-8-16/h4-6,9,14-15H,2-3,7-8,10-11H2,1H3. The van der Waals surface area contributed by atoms with Crippen LogP contribution in [0.3, 0.4) is 0 Å². The van der Waals surface area contributed by atoms with Gasteiger partial charge < -0.3 is 9.47 Å². The molecule has 1 aromatic carbocycles. The Kier molecular flexibility index (Phi) is 3.72. The molecular formula is C16H21ClO2. The predicted molar refractivity (Wildman–Crippen MR) is 76.7 cm³/mol. The number of alkyl halides is 1. The summed E-state index contributed by atoms with van der Waals surface area (Å²) in [5.41, 5.74) is 1.45. The lowest BCUT2D eigenvalue weighted by Gasteiger charge is -2.51. The molecule has 19 heavy (non-hydrogen) atoms. The third-order valence-corrected chi connectivity index (χ3v) is 5.42. The van der Waals surface area contributed by atoms with E-state index in [0.29, 0.717) is 18.1 Å². The first-order valence-corrected chi connectivity index (χ1v) is 7.57. The van der Waals surface area contributed by atoms with Crippen LogP contribution in [0.1, 0.15) is 37.7 Å². The summed E-state index contributed by atoms with van der Waals surface area (Å²) in [5, 5.41) is 0.324. The highest BCUT2D eigenvalue weighted by Gasteiger charge is 2.55. The predicted octanol–water partition coefficient (Wildman–Crippen LogP) is 4.15. The maximum atomic E-state index is 6.44. The molecule has 2 fully saturated rings. The van der Waals surface area contributed by atoms with E-state index in [9.17, 15) is 0 Å². The van der Waals surface area contributed by atoms with Crippen molar-refractivity contribution < 1.29 is 9.47 Å². The van der Waals surface area contributed by atoms with Crippen LogP contribution in [-0.2, 0) is 11.3 Å². The quantitative estimate of drug-likeness (QED) is 0.772. The molecule has 3 rings (SSSR count). The first-order valence-electron chi connectivity index (χ1n) is 7.13. The number of rotatable bonds is 4. The van der Waals surface area contributed by atoms with Crippen LogP contribution in [-0.4, -0.2) is 18.6 Å². The molecule has 2 aliphatic carbocycles. The van der Waals surface area contributed by atoms with Crippen molar-refractivity contribution >= 4 is 11.6 Å². The number of halogens is 1. The molecule has 2 atom stereocenters. The molecule has 0 heterocycles. The van der Waals surface area contributed by atoms with Crippen LogP contribution < -0.4 is 4.74 Å². The fraction of sp³-hybridized carbons (Fsp3) is 0.625. The molecule has 0 saturated heterocycles. The molecule has 1 aromatic rings. The zero-order chi connectivity index (χ0) is 13.3. The molecule has 104 valence electrons. The molecular weight excluding hydrogens is 260 g/mol. The smallest absolute Gasteiger partial charge is 0.119 e. The lowest BCUT2D eigenvalue weighted by atomic mass is 9.64. The summed E-state index contributed by atoms with van der Waals surface area (Å²) >= 11 is 6.44. The van der Waals surface area contributed by atoms with E-state index in [2.05, 4.69) is 6.07 Å². The SMILES string of the molecule is COc1cccc(COC2CC(Cl)C23CCCC3)c1. The second-order valence-corrected chi connectivity index (χ2v) is 6.32. The number of ether oxygens (including phenoxy) is 2. The molecule has 2 unspecified atom stereocenters. The average molecular weight is 281 g/mol. The second-order valence-electron chi connectivity index (χ2n) is 5.79. The lowest BCUT2D eigenvalue weighted by Crippen LogP contribution is -2.54. The Morgan fingerprint density at radius 2 is 2.11 bits per heavy atom. The number of benzene rings is 1. The molecule has 0 aromatic heterocycles. The first kappa shape index (κ1) is 13.3. The van der Waals surface area contributed by atoms with Crippen LogP contribution in [0.15, 0.2) is 24.3 Å². The Labute approximate surface area is 120 Å². The highest BCUT2D eigenvalue weighted by Crippen LogP contribution is 2.57. The number of methoxy groups -OCH3 is 1. The van der Waals surface area contributed by atoms with Crippen molar-refractivity contribution in [3.8, 4) is 5.75 Å². The van der Waals surface area contributed by atoms with Gasteiger partial charge in [-0.05, 0) is 37.0 Å². The molecule has 0 N–H and O–H groups in total. The van der Waals surface area contributed by atoms with Crippen LogP contribution in [0.2, 0.25) is 0 Å². The van der Waals surface area contributed by atoms with Crippen molar-refractivity contribution in [3.63, 3.8) is 0 Å². The molecule has 2 aliphatic rings. The van der Waals surface area contributed by atoms with Crippen molar-refractivity contribution in [2.75, 3.05) is 7.11 Å². The zero-order valence-electron chi connectivity index (χ0n) is 11.4. The van der Waals surface area contributed by atoms with Gasteiger partial charge in [0.25, 0.3) is 0 Å². The van der Waals surface area contributed by atoms with Crippen LogP contribution in [0, 0.1) is 5.41 Å². The van der Waals surface area contributed by atoms with Gasteiger partial charge in [-0.25, -0.2) is 0 Å². The maximum Gasteiger partial charge on any atom is 0.119 e. The van der Waals surface area contributed by atoms with Crippen LogP contribution in [0.25, 0.3) is 0 Å². The lowest BCUT2D eigenvalue weighted by molar-refractivity contribution is -0.112. The molecule has 2 saturated carbocycles. The minimum atomic E-state index is 0.278. The topological polar surface area (TPSA) is 18.5 Å². The van der Waals surface area contributed by atoms with E-state index < -0.39 is 0 Å². The van der Waals surface area contributed by atoms with Crippen molar-refractivity contribution in [2.45, 2.75) is 50.2 Å². The summed E-state index contributed by atoms with van der Waals surface area (Å²) < 4.78 is 11.4. The van der Waals surface area contributed by atoms with Crippen molar-refractivity contribution in [2.24, 2.45) is 5.41 Å². The van der Waals surface area contributed by atoms with Gasteiger partial charge in [0.05, 0.1) is 19.8 Å². The van der Waals surface area contributed by atoms with Gasteiger partial charge in [0, 0.05) is 10.8 Å². The summed E-state index contributed by atoms with van der Waals surface area (Å²) in [5.74, 6) is 0.889. The van der Waals surface area contributed by atoms with Crippen molar-refractivity contribution in [1.29, 1.82) is 0 Å². The number of hydrogen-bond acceptors (Lipinski definition) is 2. The van der Waals surface area contributed by atoms with E-state index in [-0.39, 0.29) is 5.41 Å². The molecule has 3 heteroatoms. The van der Waals surface area contributed by atoms with Gasteiger partial charge in [0.2, 0.25) is 0 Å². The Bertz CT molecular complexity index is 440. The Balaban J connectivity index is 1.60. The van der Waals surface area contributed by atoms with Crippen molar-refractivity contribution in [3.05, 3.63) is 29.8 Å². The molecule has 1 spiro atoms. The van der Waals surface area contributed by atoms with Crippen molar-refractivity contribution in [1.82, 2.24) is 0 Å². The summed E-state index contributed by atoms with van der Waals surface area (Å²) in [6, 6.07) is 8.09. The highest BCUT2D eigenvalue weighted by atomic mass is 35.5. The fourth-order valence-corrected chi connectivity index (χ4v) is 4.08. The third kappa shape index (κ3) is 2.36. The zero-order valence-corrected chi connectivity index (χ0v) is 12.2.